The van der Waals surface area contributed by atoms with E-state index in [1.165, 1.54) is 0 Å². The number of anilines is 2. The Morgan fingerprint density at radius 2 is 1.75 bits per heavy atom. The Morgan fingerprint density at radius 1 is 0.944 bits per heavy atom. The summed E-state index contributed by atoms with van der Waals surface area (Å²) in [5.41, 5.74) is 3.76. The summed E-state index contributed by atoms with van der Waals surface area (Å²) in [4.78, 5) is 26.8. The lowest BCUT2D eigenvalue weighted by molar-refractivity contribution is 0.127. The second-order valence-corrected chi connectivity index (χ2v) is 8.26. The molecule has 0 fully saturated rings. The number of pyridine rings is 2. The largest absolute Gasteiger partial charge is 0.481 e. The monoisotopic (exact) mass is 488 g/mol. The number of aromatic nitrogens is 4. The van der Waals surface area contributed by atoms with Gasteiger partial charge in [-0.2, -0.15) is 0 Å². The third-order valence-corrected chi connectivity index (χ3v) is 5.64. The van der Waals surface area contributed by atoms with Crippen LogP contribution in [0.25, 0.3) is 22.3 Å². The van der Waals surface area contributed by atoms with Crippen molar-refractivity contribution >= 4 is 22.7 Å². The minimum atomic E-state index is -0.189. The number of benzene rings is 1. The lowest BCUT2D eigenvalue weighted by atomic mass is 10.1. The lowest BCUT2D eigenvalue weighted by Crippen LogP contribution is -2.28. The zero-order valence-electron chi connectivity index (χ0n) is 20.7. The number of hydrogen-bond acceptors (Lipinski definition) is 8. The summed E-state index contributed by atoms with van der Waals surface area (Å²) in [7, 11) is 1.58. The molecule has 0 atom stereocenters. The fourth-order valence-corrected chi connectivity index (χ4v) is 3.77. The van der Waals surface area contributed by atoms with Crippen molar-refractivity contribution in [3.8, 4) is 17.0 Å². The standard InChI is InChI=1S/C27H32N6O3/c1-3-15-36-16-14-33-23-17-21(20-10-11-24(35-2)30-18-20)19-31-25(23)32-26(27(33)34)29-13-7-12-28-22-8-5-4-6-9-22/h4-6,8-11,17-19,28H,3,7,12-16H2,1-2H3,(H,29,31,32). The van der Waals surface area contributed by atoms with Crippen molar-refractivity contribution in [2.45, 2.75) is 26.3 Å². The maximum atomic E-state index is 13.4. The summed E-state index contributed by atoms with van der Waals surface area (Å²) in [5.74, 6) is 0.831. The van der Waals surface area contributed by atoms with Crippen molar-refractivity contribution in [2.24, 2.45) is 0 Å². The first-order valence-electron chi connectivity index (χ1n) is 12.2. The van der Waals surface area contributed by atoms with E-state index in [1.54, 1.807) is 30.1 Å². The molecule has 0 saturated carbocycles. The van der Waals surface area contributed by atoms with Gasteiger partial charge in [0.1, 0.15) is 0 Å². The minimum absolute atomic E-state index is 0.189. The van der Waals surface area contributed by atoms with Crippen LogP contribution in [0.5, 0.6) is 5.88 Å². The molecular formula is C27H32N6O3. The number of nitrogens with zero attached hydrogens (tertiary/aromatic N) is 4. The number of nitrogens with one attached hydrogen (secondary N) is 2. The third-order valence-electron chi connectivity index (χ3n) is 5.64. The predicted molar refractivity (Wildman–Crippen MR) is 143 cm³/mol. The fraction of sp³-hybridized carbons (Fsp3) is 0.333. The molecule has 0 bridgehead atoms. The maximum absolute atomic E-state index is 13.4. The van der Waals surface area contributed by atoms with Gasteiger partial charge in [0.2, 0.25) is 5.88 Å². The lowest BCUT2D eigenvalue weighted by Gasteiger charge is -2.14. The first-order chi connectivity index (χ1) is 17.7. The normalized spacial score (nSPS) is 10.9. The molecule has 4 aromatic rings. The van der Waals surface area contributed by atoms with Crippen LogP contribution in [0.4, 0.5) is 11.5 Å². The highest BCUT2D eigenvalue weighted by atomic mass is 16.5. The van der Waals surface area contributed by atoms with Gasteiger partial charge in [-0.25, -0.2) is 15.0 Å². The topological polar surface area (TPSA) is 103 Å². The summed E-state index contributed by atoms with van der Waals surface area (Å²) in [6.45, 7) is 4.94. The van der Waals surface area contributed by atoms with Crippen molar-refractivity contribution in [2.75, 3.05) is 44.0 Å². The van der Waals surface area contributed by atoms with Gasteiger partial charge in [-0.15, -0.1) is 0 Å². The minimum Gasteiger partial charge on any atom is -0.481 e. The van der Waals surface area contributed by atoms with Gasteiger partial charge >= 0.3 is 0 Å². The van der Waals surface area contributed by atoms with Crippen LogP contribution in [0.1, 0.15) is 19.8 Å². The van der Waals surface area contributed by atoms with Crippen molar-refractivity contribution in [1.29, 1.82) is 0 Å². The van der Waals surface area contributed by atoms with Crippen molar-refractivity contribution in [3.05, 3.63) is 71.3 Å². The van der Waals surface area contributed by atoms with E-state index in [0.717, 1.165) is 36.2 Å². The molecule has 3 heterocycles. The Labute approximate surface area is 210 Å². The van der Waals surface area contributed by atoms with Gasteiger partial charge in [0.15, 0.2) is 11.5 Å². The summed E-state index contributed by atoms with van der Waals surface area (Å²) >= 11 is 0. The fourth-order valence-electron chi connectivity index (χ4n) is 3.77. The average molecular weight is 489 g/mol. The smallest absolute Gasteiger partial charge is 0.293 e. The molecule has 0 spiro atoms. The second-order valence-electron chi connectivity index (χ2n) is 8.26. The van der Waals surface area contributed by atoms with E-state index in [1.807, 2.05) is 42.5 Å². The molecule has 0 unspecified atom stereocenters. The number of hydrogen-bond donors (Lipinski definition) is 2. The number of methoxy groups -OCH3 is 1. The van der Waals surface area contributed by atoms with E-state index in [2.05, 4.69) is 32.5 Å². The van der Waals surface area contributed by atoms with E-state index in [9.17, 15) is 4.79 Å². The van der Waals surface area contributed by atoms with Crippen LogP contribution >= 0.6 is 0 Å². The van der Waals surface area contributed by atoms with Crippen LogP contribution in [0.2, 0.25) is 0 Å². The molecule has 9 nitrogen and oxygen atoms in total. The molecule has 0 amide bonds. The number of ether oxygens (including phenoxy) is 2. The molecule has 9 heteroatoms. The molecule has 0 aliphatic rings. The highest BCUT2D eigenvalue weighted by molar-refractivity contribution is 5.78. The van der Waals surface area contributed by atoms with E-state index < -0.39 is 0 Å². The van der Waals surface area contributed by atoms with Crippen molar-refractivity contribution in [3.63, 3.8) is 0 Å². The molecule has 0 aliphatic carbocycles. The zero-order chi connectivity index (χ0) is 25.2. The van der Waals surface area contributed by atoms with Gasteiger partial charge in [0.25, 0.3) is 5.56 Å². The van der Waals surface area contributed by atoms with Gasteiger partial charge in [0.05, 0.1) is 19.2 Å². The van der Waals surface area contributed by atoms with Crippen LogP contribution in [0.15, 0.2) is 65.7 Å². The molecular weight excluding hydrogens is 456 g/mol. The number of rotatable bonds is 13. The van der Waals surface area contributed by atoms with E-state index >= 15 is 0 Å². The van der Waals surface area contributed by atoms with Crippen molar-refractivity contribution in [1.82, 2.24) is 19.5 Å². The molecule has 3 aromatic heterocycles. The molecule has 2 N–H and O–H groups in total. The van der Waals surface area contributed by atoms with Crippen LogP contribution in [0, 0.1) is 0 Å². The van der Waals surface area contributed by atoms with Gasteiger partial charge in [-0.05, 0) is 37.1 Å². The average Bonchev–Trinajstić information content (AvgIpc) is 2.92. The molecule has 36 heavy (non-hydrogen) atoms. The Morgan fingerprint density at radius 3 is 2.50 bits per heavy atom. The van der Waals surface area contributed by atoms with Gasteiger partial charge in [-0.3, -0.25) is 9.36 Å². The second kappa shape index (κ2) is 12.6. The van der Waals surface area contributed by atoms with Crippen LogP contribution < -0.4 is 20.9 Å². The Hall–Kier alpha value is -3.98. The van der Waals surface area contributed by atoms with E-state index in [4.69, 9.17) is 9.47 Å². The maximum Gasteiger partial charge on any atom is 0.293 e. The first-order valence-corrected chi connectivity index (χ1v) is 12.2. The molecule has 0 radical (unpaired) electrons. The highest BCUT2D eigenvalue weighted by Gasteiger charge is 2.13. The number of fused-ring (bicyclic) bond motifs is 1. The summed E-state index contributed by atoms with van der Waals surface area (Å²) in [6.07, 6.45) is 5.21. The molecule has 1 aromatic carbocycles. The predicted octanol–water partition coefficient (Wildman–Crippen LogP) is 4.20. The van der Waals surface area contributed by atoms with Gasteiger partial charge in [-0.1, -0.05) is 25.1 Å². The third kappa shape index (κ3) is 6.37. The Bertz CT molecular complexity index is 1310. The van der Waals surface area contributed by atoms with Gasteiger partial charge < -0.3 is 20.1 Å². The van der Waals surface area contributed by atoms with Crippen LogP contribution in [-0.2, 0) is 11.3 Å². The molecule has 4 rings (SSSR count). The Kier molecular flexibility index (Phi) is 8.82. The summed E-state index contributed by atoms with van der Waals surface area (Å²) in [6, 6.07) is 15.7. The number of para-hydroxylation sites is 1. The van der Waals surface area contributed by atoms with Crippen LogP contribution in [0.3, 0.4) is 0 Å². The Balaban J connectivity index is 1.54. The highest BCUT2D eigenvalue weighted by Crippen LogP contribution is 2.23. The molecule has 0 aliphatic heterocycles. The van der Waals surface area contributed by atoms with E-state index in [0.29, 0.717) is 49.2 Å². The molecule has 188 valence electrons. The first kappa shape index (κ1) is 25.1. The quantitative estimate of drug-likeness (QED) is 0.270. The van der Waals surface area contributed by atoms with Crippen LogP contribution in [-0.4, -0.2) is 52.9 Å². The van der Waals surface area contributed by atoms with E-state index in [-0.39, 0.29) is 5.56 Å². The summed E-state index contributed by atoms with van der Waals surface area (Å²) in [5, 5.41) is 6.57. The molecule has 0 saturated heterocycles. The zero-order valence-corrected chi connectivity index (χ0v) is 20.7. The summed E-state index contributed by atoms with van der Waals surface area (Å²) < 4.78 is 12.5. The SMILES string of the molecule is CCCOCCn1c(=O)c(NCCCNc2ccccc2)nc2ncc(-c3ccc(OC)nc3)cc21. The van der Waals surface area contributed by atoms with Crippen molar-refractivity contribution < 1.29 is 9.47 Å². The van der Waals surface area contributed by atoms with Gasteiger partial charge in [0, 0.05) is 61.5 Å².